The van der Waals surface area contributed by atoms with Crippen molar-refractivity contribution < 1.29 is 13.6 Å². The van der Waals surface area contributed by atoms with E-state index in [9.17, 15) is 13.6 Å². The van der Waals surface area contributed by atoms with Gasteiger partial charge in [-0.2, -0.15) is 0 Å². The molecule has 4 nitrogen and oxygen atoms in total. The molecule has 0 atom stereocenters. The molecule has 2 aliphatic carbocycles. The minimum absolute atomic E-state index is 0.114. The van der Waals surface area contributed by atoms with E-state index in [1.54, 1.807) is 6.08 Å². The number of halogens is 2. The van der Waals surface area contributed by atoms with Crippen molar-refractivity contribution in [3.05, 3.63) is 150 Å². The van der Waals surface area contributed by atoms with Gasteiger partial charge in [0.05, 0.1) is 17.7 Å². The molecule has 0 aliphatic heterocycles. The largest absolute Gasteiger partial charge is 0.318 e. The second-order valence-corrected chi connectivity index (χ2v) is 12.3. The lowest BCUT2D eigenvalue weighted by atomic mass is 9.77. The lowest BCUT2D eigenvalue weighted by Gasteiger charge is -2.37. The van der Waals surface area contributed by atoms with E-state index in [-0.39, 0.29) is 37.4 Å². The van der Waals surface area contributed by atoms with Crippen molar-refractivity contribution in [2.24, 2.45) is 5.92 Å². The Labute approximate surface area is 262 Å². The summed E-state index contributed by atoms with van der Waals surface area (Å²) in [5.41, 5.74) is 5.82. The van der Waals surface area contributed by atoms with Gasteiger partial charge in [0.25, 0.3) is 0 Å². The maximum absolute atomic E-state index is 13.7. The number of benzene rings is 3. The van der Waals surface area contributed by atoms with Crippen molar-refractivity contribution in [1.82, 2.24) is 14.5 Å². The first-order valence-corrected chi connectivity index (χ1v) is 15.8. The van der Waals surface area contributed by atoms with Crippen LogP contribution < -0.4 is 0 Å². The maximum Gasteiger partial charge on any atom is 0.248 e. The number of ketones is 1. The molecule has 5 aromatic rings. The van der Waals surface area contributed by atoms with Crippen LogP contribution in [0.15, 0.2) is 122 Å². The summed E-state index contributed by atoms with van der Waals surface area (Å²) in [5.74, 6) is -2.72. The molecule has 0 amide bonds. The normalized spacial score (nSPS) is 17.0. The van der Waals surface area contributed by atoms with Crippen LogP contribution in [0.1, 0.15) is 72.5 Å². The summed E-state index contributed by atoms with van der Waals surface area (Å²) >= 11 is 0. The van der Waals surface area contributed by atoms with E-state index in [2.05, 4.69) is 89.6 Å². The Hall–Kier alpha value is -4.71. The van der Waals surface area contributed by atoms with Gasteiger partial charge >= 0.3 is 0 Å². The van der Waals surface area contributed by atoms with Crippen LogP contribution in [0.3, 0.4) is 0 Å². The van der Waals surface area contributed by atoms with E-state index in [1.807, 2.05) is 30.6 Å². The lowest BCUT2D eigenvalue weighted by Crippen LogP contribution is -2.36. The van der Waals surface area contributed by atoms with Crippen molar-refractivity contribution in [2.45, 2.75) is 55.9 Å². The first-order valence-electron chi connectivity index (χ1n) is 15.8. The molecule has 0 N–H and O–H groups in total. The fourth-order valence-corrected chi connectivity index (χ4v) is 6.69. The van der Waals surface area contributed by atoms with E-state index in [0.29, 0.717) is 11.6 Å². The number of carbonyl (C=O) groups excluding carboxylic acids is 1. The topological polar surface area (TPSA) is 47.8 Å². The molecule has 6 heteroatoms. The van der Waals surface area contributed by atoms with Gasteiger partial charge in [-0.3, -0.25) is 9.78 Å². The molecule has 2 saturated carbocycles. The molecule has 45 heavy (non-hydrogen) atoms. The summed E-state index contributed by atoms with van der Waals surface area (Å²) in [4.78, 5) is 23.0. The molecule has 2 aromatic heterocycles. The van der Waals surface area contributed by atoms with Crippen LogP contribution in [0.4, 0.5) is 8.78 Å². The van der Waals surface area contributed by atoms with E-state index >= 15 is 0 Å². The average Bonchev–Trinajstić information content (AvgIpc) is 3.82. The zero-order valence-corrected chi connectivity index (χ0v) is 25.0. The third-order valence-electron chi connectivity index (χ3n) is 9.29. The first kappa shape index (κ1) is 29.0. The minimum atomic E-state index is -2.67. The predicted molar refractivity (Wildman–Crippen MR) is 173 cm³/mol. The van der Waals surface area contributed by atoms with Gasteiger partial charge in [-0.25, -0.2) is 13.8 Å². The summed E-state index contributed by atoms with van der Waals surface area (Å²) in [6.45, 7) is 0. The molecule has 2 heterocycles. The van der Waals surface area contributed by atoms with Gasteiger partial charge in [0.2, 0.25) is 5.92 Å². The number of hydrogen-bond acceptors (Lipinski definition) is 3. The highest BCUT2D eigenvalue weighted by Crippen LogP contribution is 2.43. The zero-order chi connectivity index (χ0) is 30.9. The summed E-state index contributed by atoms with van der Waals surface area (Å²) in [6, 6.07) is 35.4. The third kappa shape index (κ3) is 5.77. The summed E-state index contributed by atoms with van der Waals surface area (Å²) < 4.78 is 29.6. The zero-order valence-electron chi connectivity index (χ0n) is 25.0. The van der Waals surface area contributed by atoms with Crippen LogP contribution in [-0.2, 0) is 10.3 Å². The summed E-state index contributed by atoms with van der Waals surface area (Å²) in [5, 5.41) is 0. The Morgan fingerprint density at radius 2 is 1.33 bits per heavy atom. The quantitative estimate of drug-likeness (QED) is 0.125. The number of allylic oxidation sites excluding steroid dienone is 1. The van der Waals surface area contributed by atoms with Gasteiger partial charge in [-0.1, -0.05) is 91.0 Å². The molecule has 0 bridgehead atoms. The van der Waals surface area contributed by atoms with Crippen molar-refractivity contribution in [1.29, 1.82) is 0 Å². The molecule has 3 aromatic carbocycles. The van der Waals surface area contributed by atoms with Gasteiger partial charge in [0, 0.05) is 42.1 Å². The monoisotopic (exact) mass is 599 g/mol. The van der Waals surface area contributed by atoms with Crippen LogP contribution in [-0.4, -0.2) is 26.2 Å². The molecule has 2 aliphatic rings. The third-order valence-corrected chi connectivity index (χ3v) is 9.29. The van der Waals surface area contributed by atoms with Crippen LogP contribution >= 0.6 is 0 Å². The van der Waals surface area contributed by atoms with Crippen molar-refractivity contribution in [3.63, 3.8) is 0 Å². The Morgan fingerprint density at radius 1 is 0.778 bits per heavy atom. The number of carbonyl (C=O) groups is 1. The lowest BCUT2D eigenvalue weighted by molar-refractivity contribution is -0.122. The molecular weight excluding hydrogens is 564 g/mol. The number of rotatable bonds is 9. The molecule has 0 saturated heterocycles. The number of nitrogens with zero attached hydrogens (tertiary/aromatic N) is 3. The van der Waals surface area contributed by atoms with Crippen LogP contribution in [0, 0.1) is 5.92 Å². The van der Waals surface area contributed by atoms with Crippen LogP contribution in [0.2, 0.25) is 0 Å². The van der Waals surface area contributed by atoms with Crippen molar-refractivity contribution >= 4 is 11.9 Å². The molecule has 7 rings (SSSR count). The molecule has 0 radical (unpaired) electrons. The van der Waals surface area contributed by atoms with Crippen molar-refractivity contribution in [3.8, 4) is 11.3 Å². The van der Waals surface area contributed by atoms with Gasteiger partial charge in [-0.05, 0) is 66.7 Å². The van der Waals surface area contributed by atoms with E-state index in [1.165, 1.54) is 6.08 Å². The standard InChI is InChI=1S/C39H35F2N3O/c40-38(41)24-22-29(23-25-38)37(45)21-20-35-33(18-19-34(43-35)28-16-17-28)36-26-44(27-42-36)39(30-10-4-1-5-11-30,31-12-6-2-7-13-31)32-14-8-3-9-15-32/h1-15,18-21,26-29H,16-17,22-25H2/b21-20+. The highest BCUT2D eigenvalue weighted by molar-refractivity contribution is 5.96. The second-order valence-electron chi connectivity index (χ2n) is 12.3. The number of hydrogen-bond donors (Lipinski definition) is 0. The number of pyridine rings is 1. The van der Waals surface area contributed by atoms with E-state index < -0.39 is 11.5 Å². The van der Waals surface area contributed by atoms with Gasteiger partial charge in [0.1, 0.15) is 5.54 Å². The molecule has 226 valence electrons. The minimum Gasteiger partial charge on any atom is -0.318 e. The number of aromatic nitrogens is 3. The highest BCUT2D eigenvalue weighted by atomic mass is 19.3. The van der Waals surface area contributed by atoms with Crippen molar-refractivity contribution in [2.75, 3.05) is 0 Å². The Kier molecular flexibility index (Phi) is 7.74. The number of alkyl halides is 2. The molecule has 2 fully saturated rings. The Bertz CT molecular complexity index is 1700. The summed E-state index contributed by atoms with van der Waals surface area (Å²) in [7, 11) is 0. The number of imidazole rings is 1. The Balaban J connectivity index is 1.32. The molecular formula is C39H35F2N3O. The second kappa shape index (κ2) is 12.0. The fraction of sp³-hybridized carbons (Fsp3) is 0.256. The maximum atomic E-state index is 13.7. The molecule has 0 unspecified atom stereocenters. The molecule has 0 spiro atoms. The predicted octanol–water partition coefficient (Wildman–Crippen LogP) is 9.07. The highest BCUT2D eigenvalue weighted by Gasteiger charge is 2.39. The van der Waals surface area contributed by atoms with Gasteiger partial charge in [-0.15, -0.1) is 0 Å². The van der Waals surface area contributed by atoms with Crippen LogP contribution in [0.25, 0.3) is 17.3 Å². The summed E-state index contributed by atoms with van der Waals surface area (Å²) in [6.07, 6.45) is 9.39. The smallest absolute Gasteiger partial charge is 0.248 e. The average molecular weight is 600 g/mol. The van der Waals surface area contributed by atoms with E-state index in [4.69, 9.17) is 9.97 Å². The SMILES string of the molecule is O=C(/C=C/c1nc(C2CC2)ccc1-c1cn(C(c2ccccc2)(c2ccccc2)c2ccccc2)cn1)C1CCC(F)(F)CC1. The fourth-order valence-electron chi connectivity index (χ4n) is 6.69. The van der Waals surface area contributed by atoms with Gasteiger partial charge in [0.15, 0.2) is 5.78 Å². The Morgan fingerprint density at radius 3 is 1.87 bits per heavy atom. The van der Waals surface area contributed by atoms with E-state index in [0.717, 1.165) is 46.5 Å². The van der Waals surface area contributed by atoms with Gasteiger partial charge < -0.3 is 4.57 Å². The first-order chi connectivity index (χ1) is 21.9. The van der Waals surface area contributed by atoms with Crippen LogP contribution in [0.5, 0.6) is 0 Å².